The number of fused-ring (bicyclic) bond motifs is 3. The van der Waals surface area contributed by atoms with Crippen LogP contribution in [-0.2, 0) is 15.0 Å². The predicted molar refractivity (Wildman–Crippen MR) is 114 cm³/mol. The van der Waals surface area contributed by atoms with E-state index in [0.717, 1.165) is 0 Å². The van der Waals surface area contributed by atoms with Gasteiger partial charge in [0.25, 0.3) is 0 Å². The molecule has 2 aliphatic heterocycles. The summed E-state index contributed by atoms with van der Waals surface area (Å²) in [5.74, 6) is -1.36. The van der Waals surface area contributed by atoms with Crippen LogP contribution in [0.15, 0.2) is 23.1 Å². The predicted octanol–water partition coefficient (Wildman–Crippen LogP) is 1.63. The lowest BCUT2D eigenvalue weighted by Gasteiger charge is -2.29. The molecule has 8 nitrogen and oxygen atoms in total. The number of thioether (sulfide) groups is 1. The lowest BCUT2D eigenvalue weighted by molar-refractivity contribution is -0.123. The van der Waals surface area contributed by atoms with Gasteiger partial charge in [-0.2, -0.15) is 11.8 Å². The summed E-state index contributed by atoms with van der Waals surface area (Å²) in [6, 6.07) is -0.291. The van der Waals surface area contributed by atoms with Gasteiger partial charge in [-0.15, -0.1) is 0 Å². The van der Waals surface area contributed by atoms with E-state index in [1.165, 1.54) is 26.8 Å². The SMILES string of the molecule is CC(=O)c1c(O)c(C)c(O)c2c1OC1=CC(=O)C(=C(C)NC3CSCC3O)C(=O)C12C. The second-order valence-electron chi connectivity index (χ2n) is 8.24. The maximum absolute atomic E-state index is 13.7. The average Bonchev–Trinajstić information content (AvgIpc) is 3.21. The van der Waals surface area contributed by atoms with Gasteiger partial charge in [0.15, 0.2) is 17.3 Å². The molecule has 0 amide bonds. The topological polar surface area (TPSA) is 133 Å². The van der Waals surface area contributed by atoms with E-state index >= 15 is 0 Å². The molecule has 4 N–H and O–H groups in total. The lowest BCUT2D eigenvalue weighted by Crippen LogP contribution is -2.43. The summed E-state index contributed by atoms with van der Waals surface area (Å²) in [6.07, 6.45) is 0.580. The van der Waals surface area contributed by atoms with Gasteiger partial charge in [0.2, 0.25) is 0 Å². The normalized spacial score (nSPS) is 28.6. The molecule has 3 aliphatic rings. The molecule has 0 aromatic heterocycles. The van der Waals surface area contributed by atoms with Crippen LogP contribution in [-0.4, -0.2) is 56.3 Å². The molecular weight excluding hydrogens is 422 g/mol. The molecule has 9 heteroatoms. The summed E-state index contributed by atoms with van der Waals surface area (Å²) in [4.78, 5) is 38.7. The number of carbonyl (C=O) groups is 3. The van der Waals surface area contributed by atoms with Crippen molar-refractivity contribution in [2.24, 2.45) is 0 Å². The molecule has 0 spiro atoms. The number of carbonyl (C=O) groups excluding carboxylic acids is 3. The van der Waals surface area contributed by atoms with Gasteiger partial charge < -0.3 is 25.4 Å². The summed E-state index contributed by atoms with van der Waals surface area (Å²) in [7, 11) is 0. The van der Waals surface area contributed by atoms with Gasteiger partial charge in [-0.25, -0.2) is 0 Å². The molecule has 0 radical (unpaired) electrons. The molecule has 1 aromatic rings. The summed E-state index contributed by atoms with van der Waals surface area (Å²) in [5, 5.41) is 34.4. The molecule has 2 heterocycles. The highest BCUT2D eigenvalue weighted by atomic mass is 32.2. The van der Waals surface area contributed by atoms with E-state index in [1.807, 2.05) is 0 Å². The van der Waals surface area contributed by atoms with Crippen LogP contribution in [0.25, 0.3) is 0 Å². The Bertz CT molecular complexity index is 1120. The number of hydrogen-bond acceptors (Lipinski definition) is 9. The zero-order valence-electron chi connectivity index (χ0n) is 17.5. The molecule has 4 rings (SSSR count). The molecule has 1 aliphatic carbocycles. The van der Waals surface area contributed by atoms with Gasteiger partial charge in [-0.3, -0.25) is 14.4 Å². The van der Waals surface area contributed by atoms with E-state index in [2.05, 4.69) is 5.32 Å². The fraction of sp³-hybridized carbons (Fsp3) is 0.409. The Morgan fingerprint density at radius 1 is 1.23 bits per heavy atom. The smallest absolute Gasteiger partial charge is 0.194 e. The number of aliphatic hydroxyl groups excluding tert-OH is 1. The number of Topliss-reactive ketones (excluding diaryl/α,β-unsaturated/α-hetero) is 2. The summed E-state index contributed by atoms with van der Waals surface area (Å²) in [6.45, 7) is 5.80. The Morgan fingerprint density at radius 3 is 2.48 bits per heavy atom. The van der Waals surface area contributed by atoms with Crippen molar-refractivity contribution < 1.29 is 34.4 Å². The van der Waals surface area contributed by atoms with Crippen molar-refractivity contribution in [3.63, 3.8) is 0 Å². The average molecular weight is 445 g/mol. The lowest BCUT2D eigenvalue weighted by atomic mass is 9.70. The van der Waals surface area contributed by atoms with E-state index in [-0.39, 0.29) is 45.6 Å². The van der Waals surface area contributed by atoms with Crippen molar-refractivity contribution in [2.45, 2.75) is 45.3 Å². The molecule has 0 saturated carbocycles. The Kier molecular flexibility index (Phi) is 4.94. The minimum absolute atomic E-state index is 0.00620. The third kappa shape index (κ3) is 2.90. The van der Waals surface area contributed by atoms with E-state index in [4.69, 9.17) is 4.74 Å². The highest BCUT2D eigenvalue weighted by Crippen LogP contribution is 2.57. The molecule has 1 fully saturated rings. The first-order valence-corrected chi connectivity index (χ1v) is 11.0. The van der Waals surface area contributed by atoms with Crippen LogP contribution < -0.4 is 10.1 Å². The number of nitrogens with one attached hydrogen (secondary N) is 1. The van der Waals surface area contributed by atoms with Gasteiger partial charge in [-0.05, 0) is 27.7 Å². The standard InChI is InChI=1S/C22H23NO7S/c1-8-18(27)16(10(3)24)20-17(19(8)28)22(4)14(30-20)5-12(25)15(21(22)29)9(2)23-11-6-31-7-13(11)26/h5,11,13,23,26-28H,6-7H2,1-4H3. The maximum atomic E-state index is 13.7. The minimum Gasteiger partial charge on any atom is -0.507 e. The maximum Gasteiger partial charge on any atom is 0.194 e. The Labute approximate surface area is 183 Å². The number of aromatic hydroxyl groups is 2. The van der Waals surface area contributed by atoms with Crippen LogP contribution in [0, 0.1) is 6.92 Å². The van der Waals surface area contributed by atoms with Crippen molar-refractivity contribution in [3.8, 4) is 17.2 Å². The molecule has 1 aromatic carbocycles. The summed E-state index contributed by atoms with van der Waals surface area (Å²) in [5.41, 5.74) is -1.36. The number of benzene rings is 1. The monoisotopic (exact) mass is 445 g/mol. The Morgan fingerprint density at radius 2 is 1.90 bits per heavy atom. The zero-order valence-corrected chi connectivity index (χ0v) is 18.3. The minimum atomic E-state index is -1.54. The van der Waals surface area contributed by atoms with Gasteiger partial charge >= 0.3 is 0 Å². The summed E-state index contributed by atoms with van der Waals surface area (Å²) >= 11 is 1.57. The second-order valence-corrected chi connectivity index (χ2v) is 9.32. The largest absolute Gasteiger partial charge is 0.507 e. The number of phenolic OH excluding ortho intramolecular Hbond substituents is 2. The van der Waals surface area contributed by atoms with Crippen molar-refractivity contribution in [2.75, 3.05) is 11.5 Å². The molecule has 3 unspecified atom stereocenters. The molecule has 164 valence electrons. The third-order valence-corrected chi connectivity index (χ3v) is 7.38. The quantitative estimate of drug-likeness (QED) is 0.311. The molecule has 1 saturated heterocycles. The van der Waals surface area contributed by atoms with Crippen LogP contribution in [0.1, 0.15) is 42.3 Å². The van der Waals surface area contributed by atoms with Gasteiger partial charge in [0, 0.05) is 28.8 Å². The first kappa shape index (κ1) is 21.5. The van der Waals surface area contributed by atoms with Crippen LogP contribution >= 0.6 is 11.8 Å². The molecule has 3 atom stereocenters. The number of aliphatic hydroxyl groups is 1. The first-order valence-electron chi connectivity index (χ1n) is 9.82. The number of hydrogen-bond donors (Lipinski definition) is 4. The number of ketones is 3. The van der Waals surface area contributed by atoms with E-state index in [1.54, 1.807) is 18.7 Å². The van der Waals surface area contributed by atoms with Gasteiger partial charge in [0.1, 0.15) is 34.0 Å². The van der Waals surface area contributed by atoms with Gasteiger partial charge in [-0.1, -0.05) is 0 Å². The Balaban J connectivity index is 1.90. The molecule has 31 heavy (non-hydrogen) atoms. The zero-order chi connectivity index (χ0) is 22.8. The van der Waals surface area contributed by atoms with Crippen molar-refractivity contribution in [1.82, 2.24) is 5.32 Å². The number of allylic oxidation sites excluding steroid dienone is 4. The molecular formula is C22H23NO7S. The third-order valence-electron chi connectivity index (χ3n) is 6.21. The molecule has 0 bridgehead atoms. The van der Waals surface area contributed by atoms with Crippen LogP contribution in [0.5, 0.6) is 17.2 Å². The van der Waals surface area contributed by atoms with Crippen molar-refractivity contribution in [3.05, 3.63) is 39.8 Å². The van der Waals surface area contributed by atoms with Crippen LogP contribution in [0.4, 0.5) is 0 Å². The highest BCUT2D eigenvalue weighted by Gasteiger charge is 2.56. The first-order chi connectivity index (χ1) is 14.5. The number of ether oxygens (including phenoxy) is 1. The fourth-order valence-corrected chi connectivity index (χ4v) is 5.56. The summed E-state index contributed by atoms with van der Waals surface area (Å²) < 4.78 is 5.73. The number of phenols is 2. The van der Waals surface area contributed by atoms with Crippen molar-refractivity contribution in [1.29, 1.82) is 0 Å². The van der Waals surface area contributed by atoms with Crippen LogP contribution in [0.2, 0.25) is 0 Å². The second kappa shape index (κ2) is 7.13. The van der Waals surface area contributed by atoms with E-state index in [0.29, 0.717) is 17.2 Å². The van der Waals surface area contributed by atoms with E-state index < -0.39 is 34.6 Å². The number of rotatable bonds is 3. The fourth-order valence-electron chi connectivity index (χ4n) is 4.39. The highest BCUT2D eigenvalue weighted by molar-refractivity contribution is 7.99. The van der Waals surface area contributed by atoms with Crippen LogP contribution in [0.3, 0.4) is 0 Å². The van der Waals surface area contributed by atoms with Crippen molar-refractivity contribution >= 4 is 29.1 Å². The van der Waals surface area contributed by atoms with E-state index in [9.17, 15) is 29.7 Å². The van der Waals surface area contributed by atoms with Gasteiger partial charge in [0.05, 0.1) is 23.3 Å². The Hall–Kier alpha value is -2.78.